The fraction of sp³-hybridized carbons (Fsp3) is 0.278. The Morgan fingerprint density at radius 3 is 2.43 bits per heavy atom. The number of rotatable bonds is 3. The molecule has 1 amide bonds. The normalized spacial score (nSPS) is 13.4. The monoisotopic (exact) mass is 315 g/mol. The van der Waals surface area contributed by atoms with E-state index in [2.05, 4.69) is 0 Å². The lowest BCUT2D eigenvalue weighted by molar-refractivity contribution is 0.0984. The zero-order chi connectivity index (χ0) is 16.4. The van der Waals surface area contributed by atoms with Crippen LogP contribution in [0.25, 0.3) is 0 Å². The summed E-state index contributed by atoms with van der Waals surface area (Å²) in [5, 5.41) is 0. The highest BCUT2D eigenvalue weighted by molar-refractivity contribution is 6.07. The van der Waals surface area contributed by atoms with Gasteiger partial charge in [0.25, 0.3) is 5.91 Å². The largest absolute Gasteiger partial charge is 0.497 e. The van der Waals surface area contributed by atoms with E-state index in [0.29, 0.717) is 23.6 Å². The minimum atomic E-state index is -0.277. The zero-order valence-corrected chi connectivity index (χ0v) is 13.1. The Morgan fingerprint density at radius 1 is 1.09 bits per heavy atom. The predicted molar refractivity (Wildman–Crippen MR) is 85.9 cm³/mol. The summed E-state index contributed by atoms with van der Waals surface area (Å²) in [6, 6.07) is 9.64. The third-order valence-corrected chi connectivity index (χ3v) is 4.00. The Labute approximate surface area is 134 Å². The summed E-state index contributed by atoms with van der Waals surface area (Å²) >= 11 is 0. The molecular formula is C18H18FNO3. The molecule has 0 bridgehead atoms. The van der Waals surface area contributed by atoms with E-state index >= 15 is 0 Å². The van der Waals surface area contributed by atoms with Crippen molar-refractivity contribution < 1.29 is 18.7 Å². The van der Waals surface area contributed by atoms with Crippen molar-refractivity contribution in [3.05, 3.63) is 53.3 Å². The lowest BCUT2D eigenvalue weighted by Crippen LogP contribution is -2.35. The molecule has 0 atom stereocenters. The first-order chi connectivity index (χ1) is 11.1. The van der Waals surface area contributed by atoms with Crippen LogP contribution in [0.1, 0.15) is 22.3 Å². The Bertz CT molecular complexity index is 723. The summed E-state index contributed by atoms with van der Waals surface area (Å²) in [6.07, 6.45) is 1.58. The van der Waals surface area contributed by atoms with E-state index in [1.165, 1.54) is 12.1 Å². The zero-order valence-electron chi connectivity index (χ0n) is 13.1. The summed E-state index contributed by atoms with van der Waals surface area (Å²) in [5.41, 5.74) is 2.11. The minimum Gasteiger partial charge on any atom is -0.497 e. The molecule has 120 valence electrons. The van der Waals surface area contributed by atoms with Gasteiger partial charge in [0.05, 0.1) is 14.2 Å². The molecule has 1 aliphatic heterocycles. The van der Waals surface area contributed by atoms with E-state index in [-0.39, 0.29) is 11.7 Å². The van der Waals surface area contributed by atoms with Crippen LogP contribution in [0.5, 0.6) is 11.5 Å². The number of methoxy groups -OCH3 is 2. The number of carbonyl (C=O) groups excluding carboxylic acids is 1. The van der Waals surface area contributed by atoms with E-state index in [0.717, 1.165) is 24.1 Å². The molecule has 23 heavy (non-hydrogen) atoms. The van der Waals surface area contributed by atoms with Crippen molar-refractivity contribution in [2.75, 3.05) is 25.7 Å². The van der Waals surface area contributed by atoms with Crippen LogP contribution in [-0.4, -0.2) is 26.7 Å². The molecule has 0 unspecified atom stereocenters. The lowest BCUT2D eigenvalue weighted by atomic mass is 10.0. The smallest absolute Gasteiger partial charge is 0.258 e. The minimum absolute atomic E-state index is 0.144. The topological polar surface area (TPSA) is 38.8 Å². The first kappa shape index (κ1) is 15.3. The van der Waals surface area contributed by atoms with Gasteiger partial charge in [0.1, 0.15) is 17.3 Å². The lowest BCUT2D eigenvalue weighted by Gasteiger charge is -2.29. The van der Waals surface area contributed by atoms with Gasteiger partial charge in [-0.05, 0) is 48.7 Å². The fourth-order valence-electron chi connectivity index (χ4n) is 2.86. The molecule has 0 radical (unpaired) electrons. The number of ether oxygens (including phenoxy) is 2. The molecule has 2 aromatic carbocycles. The highest BCUT2D eigenvalue weighted by Crippen LogP contribution is 2.30. The number of benzene rings is 2. The van der Waals surface area contributed by atoms with E-state index in [1.54, 1.807) is 43.4 Å². The molecule has 0 saturated carbocycles. The van der Waals surface area contributed by atoms with Crippen molar-refractivity contribution in [1.29, 1.82) is 0 Å². The van der Waals surface area contributed by atoms with Gasteiger partial charge < -0.3 is 14.4 Å². The van der Waals surface area contributed by atoms with Crippen LogP contribution >= 0.6 is 0 Å². The number of aryl methyl sites for hydroxylation is 1. The second kappa shape index (κ2) is 6.28. The van der Waals surface area contributed by atoms with E-state index < -0.39 is 0 Å². The summed E-state index contributed by atoms with van der Waals surface area (Å²) in [6.45, 7) is 0.608. The first-order valence-corrected chi connectivity index (χ1v) is 7.45. The van der Waals surface area contributed by atoms with Crippen molar-refractivity contribution in [2.24, 2.45) is 0 Å². The van der Waals surface area contributed by atoms with Crippen LogP contribution in [0.3, 0.4) is 0 Å². The number of nitrogens with zero attached hydrogens (tertiary/aromatic N) is 1. The molecule has 5 heteroatoms. The third-order valence-electron chi connectivity index (χ3n) is 4.00. The van der Waals surface area contributed by atoms with Gasteiger partial charge in [-0.25, -0.2) is 4.39 Å². The Balaban J connectivity index is 1.99. The quantitative estimate of drug-likeness (QED) is 0.871. The van der Waals surface area contributed by atoms with E-state index in [4.69, 9.17) is 9.47 Å². The number of hydrogen-bond donors (Lipinski definition) is 0. The molecule has 0 fully saturated rings. The van der Waals surface area contributed by atoms with Gasteiger partial charge in [-0.15, -0.1) is 0 Å². The predicted octanol–water partition coefficient (Wildman–Crippen LogP) is 3.44. The molecule has 0 spiro atoms. The summed E-state index contributed by atoms with van der Waals surface area (Å²) in [5.74, 6) is 0.698. The van der Waals surface area contributed by atoms with Gasteiger partial charge in [-0.2, -0.15) is 0 Å². The number of fused-ring (bicyclic) bond motifs is 1. The Kier molecular flexibility index (Phi) is 4.19. The van der Waals surface area contributed by atoms with E-state index in [1.807, 2.05) is 0 Å². The average molecular weight is 315 g/mol. The van der Waals surface area contributed by atoms with Crippen molar-refractivity contribution in [1.82, 2.24) is 0 Å². The van der Waals surface area contributed by atoms with E-state index in [9.17, 15) is 9.18 Å². The van der Waals surface area contributed by atoms with Gasteiger partial charge in [0.2, 0.25) is 0 Å². The van der Waals surface area contributed by atoms with Gasteiger partial charge >= 0.3 is 0 Å². The molecule has 1 heterocycles. The Hall–Kier alpha value is -2.56. The average Bonchev–Trinajstić information content (AvgIpc) is 2.59. The molecule has 4 nitrogen and oxygen atoms in total. The molecular weight excluding hydrogens is 297 g/mol. The maximum absolute atomic E-state index is 13.4. The molecule has 0 N–H and O–H groups in total. The van der Waals surface area contributed by atoms with Gasteiger partial charge in [-0.3, -0.25) is 4.79 Å². The second-order valence-electron chi connectivity index (χ2n) is 5.43. The van der Waals surface area contributed by atoms with Crippen molar-refractivity contribution in [2.45, 2.75) is 12.8 Å². The number of halogens is 1. The maximum atomic E-state index is 13.4. The summed E-state index contributed by atoms with van der Waals surface area (Å²) in [7, 11) is 3.09. The molecule has 0 aliphatic carbocycles. The summed E-state index contributed by atoms with van der Waals surface area (Å²) in [4.78, 5) is 14.6. The van der Waals surface area contributed by atoms with Crippen LogP contribution < -0.4 is 14.4 Å². The van der Waals surface area contributed by atoms with Crippen LogP contribution in [-0.2, 0) is 6.42 Å². The molecule has 1 aliphatic rings. The third kappa shape index (κ3) is 2.99. The maximum Gasteiger partial charge on any atom is 0.258 e. The first-order valence-electron chi connectivity index (χ1n) is 7.45. The number of hydrogen-bond acceptors (Lipinski definition) is 3. The molecule has 3 rings (SSSR count). The number of carbonyl (C=O) groups is 1. The highest BCUT2D eigenvalue weighted by Gasteiger charge is 2.24. The van der Waals surface area contributed by atoms with Crippen molar-refractivity contribution in [3.8, 4) is 11.5 Å². The Morgan fingerprint density at radius 2 is 1.78 bits per heavy atom. The van der Waals surface area contributed by atoms with Crippen LogP contribution in [0.2, 0.25) is 0 Å². The van der Waals surface area contributed by atoms with Crippen molar-refractivity contribution in [3.63, 3.8) is 0 Å². The highest BCUT2D eigenvalue weighted by atomic mass is 19.1. The second-order valence-corrected chi connectivity index (χ2v) is 5.43. The van der Waals surface area contributed by atoms with Gasteiger partial charge in [0, 0.05) is 23.9 Å². The SMILES string of the molecule is COc1cc(OC)cc(C(=O)N2CCCc3cc(F)ccc32)c1. The van der Waals surface area contributed by atoms with Crippen LogP contribution in [0.15, 0.2) is 36.4 Å². The molecule has 2 aromatic rings. The van der Waals surface area contributed by atoms with Crippen LogP contribution in [0.4, 0.5) is 10.1 Å². The molecule has 0 saturated heterocycles. The number of amides is 1. The molecule has 0 aromatic heterocycles. The van der Waals surface area contributed by atoms with Crippen LogP contribution in [0, 0.1) is 5.82 Å². The standard InChI is InChI=1S/C18H18FNO3/c1-22-15-9-13(10-16(11-15)23-2)18(21)20-7-3-4-12-8-14(19)5-6-17(12)20/h5-6,8-11H,3-4,7H2,1-2H3. The summed E-state index contributed by atoms with van der Waals surface area (Å²) < 4.78 is 23.8. The number of anilines is 1. The van der Waals surface area contributed by atoms with Gasteiger partial charge in [0.15, 0.2) is 0 Å². The van der Waals surface area contributed by atoms with Gasteiger partial charge in [-0.1, -0.05) is 0 Å². The van der Waals surface area contributed by atoms with Crippen molar-refractivity contribution >= 4 is 11.6 Å². The fourth-order valence-corrected chi connectivity index (χ4v) is 2.86.